The lowest BCUT2D eigenvalue weighted by Gasteiger charge is -2.04. The minimum Gasteiger partial charge on any atom is -0.383 e. The van der Waals surface area contributed by atoms with E-state index in [0.717, 1.165) is 41.3 Å². The van der Waals surface area contributed by atoms with E-state index in [1.54, 1.807) is 11.3 Å². The number of benzene rings is 2. The molecule has 0 spiro atoms. The summed E-state index contributed by atoms with van der Waals surface area (Å²) in [7, 11) is 0. The van der Waals surface area contributed by atoms with Crippen molar-refractivity contribution < 1.29 is 0 Å². The molecule has 0 aliphatic rings. The average molecular weight is 369 g/mol. The van der Waals surface area contributed by atoms with Crippen LogP contribution in [0, 0.1) is 0 Å². The van der Waals surface area contributed by atoms with E-state index in [9.17, 15) is 0 Å². The van der Waals surface area contributed by atoms with Crippen LogP contribution in [0.3, 0.4) is 0 Å². The highest BCUT2D eigenvalue weighted by Gasteiger charge is 2.00. The molecule has 0 amide bonds. The SMILES string of the molecule is NC(=Nc1ccc(CCCCc2cccc(Cl)c2)cc1)c1cccs1. The van der Waals surface area contributed by atoms with Crippen molar-refractivity contribution in [1.29, 1.82) is 0 Å². The molecule has 0 unspecified atom stereocenters. The predicted octanol–water partition coefficient (Wildman–Crippen LogP) is 6.00. The monoisotopic (exact) mass is 368 g/mol. The molecule has 0 radical (unpaired) electrons. The Morgan fingerprint density at radius 3 is 2.36 bits per heavy atom. The van der Waals surface area contributed by atoms with Crippen LogP contribution in [0.1, 0.15) is 28.8 Å². The van der Waals surface area contributed by atoms with Gasteiger partial charge < -0.3 is 5.73 Å². The largest absolute Gasteiger partial charge is 0.383 e. The first kappa shape index (κ1) is 17.7. The number of hydrogen-bond donors (Lipinski definition) is 1. The fraction of sp³-hybridized carbons (Fsp3) is 0.190. The van der Waals surface area contributed by atoms with Gasteiger partial charge in [0.15, 0.2) is 0 Å². The van der Waals surface area contributed by atoms with Gasteiger partial charge in [0.1, 0.15) is 5.84 Å². The number of nitrogens with zero attached hydrogens (tertiary/aromatic N) is 1. The molecule has 4 heteroatoms. The third-order valence-electron chi connectivity index (χ3n) is 4.03. The number of aryl methyl sites for hydroxylation is 2. The van der Waals surface area contributed by atoms with E-state index in [2.05, 4.69) is 23.2 Å². The van der Waals surface area contributed by atoms with Gasteiger partial charge in [0.05, 0.1) is 10.6 Å². The van der Waals surface area contributed by atoms with E-state index < -0.39 is 0 Å². The van der Waals surface area contributed by atoms with Crippen LogP contribution in [0.4, 0.5) is 5.69 Å². The van der Waals surface area contributed by atoms with Crippen molar-refractivity contribution in [3.8, 4) is 0 Å². The summed E-state index contributed by atoms with van der Waals surface area (Å²) in [6.07, 6.45) is 4.46. The second kappa shape index (κ2) is 8.84. The molecule has 2 N–H and O–H groups in total. The van der Waals surface area contributed by atoms with E-state index in [-0.39, 0.29) is 0 Å². The lowest BCUT2D eigenvalue weighted by molar-refractivity contribution is 0.734. The lowest BCUT2D eigenvalue weighted by atomic mass is 10.0. The molecule has 25 heavy (non-hydrogen) atoms. The van der Waals surface area contributed by atoms with Crippen LogP contribution in [0.15, 0.2) is 71.0 Å². The fourth-order valence-corrected chi connectivity index (χ4v) is 3.55. The van der Waals surface area contributed by atoms with Crippen molar-refractivity contribution in [3.63, 3.8) is 0 Å². The Morgan fingerprint density at radius 2 is 1.68 bits per heavy atom. The van der Waals surface area contributed by atoms with Crippen molar-refractivity contribution >= 4 is 34.5 Å². The molecular formula is C21H21ClN2S. The highest BCUT2D eigenvalue weighted by Crippen LogP contribution is 2.18. The Labute approximate surface area is 158 Å². The van der Waals surface area contributed by atoms with E-state index in [1.807, 2.05) is 47.8 Å². The first-order valence-corrected chi connectivity index (χ1v) is 9.68. The summed E-state index contributed by atoms with van der Waals surface area (Å²) in [5, 5.41) is 2.82. The van der Waals surface area contributed by atoms with E-state index in [0.29, 0.717) is 5.84 Å². The van der Waals surface area contributed by atoms with E-state index >= 15 is 0 Å². The van der Waals surface area contributed by atoms with Gasteiger partial charge in [-0.25, -0.2) is 4.99 Å². The van der Waals surface area contributed by atoms with Crippen LogP contribution in [-0.2, 0) is 12.8 Å². The average Bonchev–Trinajstić information content (AvgIpc) is 3.15. The predicted molar refractivity (Wildman–Crippen MR) is 109 cm³/mol. The van der Waals surface area contributed by atoms with Crippen LogP contribution < -0.4 is 5.73 Å². The van der Waals surface area contributed by atoms with Crippen LogP contribution >= 0.6 is 22.9 Å². The molecule has 0 saturated carbocycles. The van der Waals surface area contributed by atoms with Gasteiger partial charge >= 0.3 is 0 Å². The molecule has 3 rings (SSSR count). The molecule has 0 fully saturated rings. The topological polar surface area (TPSA) is 38.4 Å². The molecule has 1 heterocycles. The van der Waals surface area contributed by atoms with Crippen molar-refractivity contribution in [1.82, 2.24) is 0 Å². The maximum Gasteiger partial charge on any atom is 0.141 e. The van der Waals surface area contributed by atoms with Crippen LogP contribution in [0.2, 0.25) is 5.02 Å². The molecule has 128 valence electrons. The Bertz CT molecular complexity index is 823. The first-order chi connectivity index (χ1) is 12.2. The Balaban J connectivity index is 1.48. The maximum absolute atomic E-state index is 6.02. The van der Waals surface area contributed by atoms with Gasteiger partial charge in [0, 0.05) is 5.02 Å². The number of halogens is 1. The quantitative estimate of drug-likeness (QED) is 0.310. The lowest BCUT2D eigenvalue weighted by Crippen LogP contribution is -2.10. The number of rotatable bonds is 7. The van der Waals surface area contributed by atoms with Crippen molar-refractivity contribution in [2.24, 2.45) is 10.7 Å². The standard InChI is InChI=1S/C21H21ClN2S/c22-18-8-3-7-17(15-18)6-2-1-5-16-10-12-19(13-11-16)24-21(23)20-9-4-14-25-20/h3-4,7-15H,1-2,5-6H2,(H2,23,24). The number of hydrogen-bond acceptors (Lipinski definition) is 2. The zero-order valence-corrected chi connectivity index (χ0v) is 15.6. The summed E-state index contributed by atoms with van der Waals surface area (Å²) in [5.41, 5.74) is 9.56. The summed E-state index contributed by atoms with van der Waals surface area (Å²) in [6, 6.07) is 20.4. The minimum atomic E-state index is 0.573. The third kappa shape index (κ3) is 5.45. The molecular weight excluding hydrogens is 348 g/mol. The van der Waals surface area contributed by atoms with Gasteiger partial charge in [0.25, 0.3) is 0 Å². The van der Waals surface area contributed by atoms with Gasteiger partial charge in [-0.05, 0) is 72.5 Å². The first-order valence-electron chi connectivity index (χ1n) is 8.42. The van der Waals surface area contributed by atoms with Gasteiger partial charge in [-0.1, -0.05) is 41.9 Å². The van der Waals surface area contributed by atoms with Gasteiger partial charge in [-0.15, -0.1) is 11.3 Å². The Hall–Kier alpha value is -2.10. The zero-order valence-electron chi connectivity index (χ0n) is 14.0. The minimum absolute atomic E-state index is 0.573. The van der Waals surface area contributed by atoms with Gasteiger partial charge in [-0.3, -0.25) is 0 Å². The van der Waals surface area contributed by atoms with Crippen molar-refractivity contribution in [2.75, 3.05) is 0 Å². The zero-order chi connectivity index (χ0) is 17.5. The molecule has 1 aromatic heterocycles. The number of nitrogens with two attached hydrogens (primary N) is 1. The molecule has 0 atom stereocenters. The van der Waals surface area contributed by atoms with Gasteiger partial charge in [-0.2, -0.15) is 0 Å². The fourth-order valence-electron chi connectivity index (χ4n) is 2.71. The van der Waals surface area contributed by atoms with E-state index in [1.165, 1.54) is 11.1 Å². The van der Waals surface area contributed by atoms with Gasteiger partial charge in [0.2, 0.25) is 0 Å². The van der Waals surface area contributed by atoms with Crippen LogP contribution in [0.5, 0.6) is 0 Å². The van der Waals surface area contributed by atoms with Crippen LogP contribution in [-0.4, -0.2) is 5.84 Å². The number of thiophene rings is 1. The number of aliphatic imine (C=N–C) groups is 1. The van der Waals surface area contributed by atoms with Crippen LogP contribution in [0.25, 0.3) is 0 Å². The second-order valence-corrected chi connectivity index (χ2v) is 7.36. The second-order valence-electron chi connectivity index (χ2n) is 5.98. The molecule has 0 aliphatic carbocycles. The highest BCUT2D eigenvalue weighted by atomic mass is 35.5. The normalized spacial score (nSPS) is 11.6. The summed E-state index contributed by atoms with van der Waals surface area (Å²) in [4.78, 5) is 5.48. The molecule has 3 aromatic rings. The smallest absolute Gasteiger partial charge is 0.141 e. The van der Waals surface area contributed by atoms with E-state index in [4.69, 9.17) is 17.3 Å². The Morgan fingerprint density at radius 1 is 0.920 bits per heavy atom. The summed E-state index contributed by atoms with van der Waals surface area (Å²) in [6.45, 7) is 0. The highest BCUT2D eigenvalue weighted by molar-refractivity contribution is 7.12. The summed E-state index contributed by atoms with van der Waals surface area (Å²) in [5.74, 6) is 0.573. The molecule has 0 aliphatic heterocycles. The van der Waals surface area contributed by atoms with Crippen molar-refractivity contribution in [3.05, 3.63) is 87.1 Å². The Kier molecular flexibility index (Phi) is 6.26. The molecule has 0 saturated heterocycles. The number of amidine groups is 1. The summed E-state index contributed by atoms with van der Waals surface area (Å²) < 4.78 is 0. The molecule has 0 bridgehead atoms. The third-order valence-corrected chi connectivity index (χ3v) is 5.16. The van der Waals surface area contributed by atoms with Crippen molar-refractivity contribution in [2.45, 2.75) is 25.7 Å². The summed E-state index contributed by atoms with van der Waals surface area (Å²) >= 11 is 7.62. The number of unbranched alkanes of at least 4 members (excludes halogenated alkanes) is 1. The molecule has 2 nitrogen and oxygen atoms in total. The maximum atomic E-state index is 6.02. The molecule has 2 aromatic carbocycles.